The highest BCUT2D eigenvalue weighted by Crippen LogP contribution is 2.35. The van der Waals surface area contributed by atoms with E-state index in [0.717, 1.165) is 29.0 Å². The topological polar surface area (TPSA) is 106 Å². The molecule has 2 N–H and O–H groups in total. The Morgan fingerprint density at radius 3 is 2.74 bits per heavy atom. The fraction of sp³-hybridized carbons (Fsp3) is 0.125. The third kappa shape index (κ3) is 4.25. The van der Waals surface area contributed by atoms with Gasteiger partial charge in [-0.1, -0.05) is 12.1 Å². The number of nitrogens with one attached hydrogen (secondary N) is 1. The second kappa shape index (κ2) is 8.31. The first-order valence-corrected chi connectivity index (χ1v) is 9.61. The maximum absolute atomic E-state index is 13.0. The summed E-state index contributed by atoms with van der Waals surface area (Å²) in [6.45, 7) is 0. The Labute approximate surface area is 177 Å². The number of ether oxygens (including phenoxy) is 1. The smallest absolute Gasteiger partial charge is 0.328 e. The van der Waals surface area contributed by atoms with E-state index in [-0.39, 0.29) is 5.43 Å². The Morgan fingerprint density at radius 1 is 1.13 bits per heavy atom. The fourth-order valence-electron chi connectivity index (χ4n) is 3.57. The van der Waals surface area contributed by atoms with E-state index < -0.39 is 11.9 Å². The number of amides is 1. The lowest BCUT2D eigenvalue weighted by Crippen LogP contribution is -2.11. The molecule has 2 aromatic carbocycles. The van der Waals surface area contributed by atoms with Crippen LogP contribution in [0.1, 0.15) is 23.3 Å². The first kappa shape index (κ1) is 20.2. The molecular weight excluding hydrogens is 398 g/mol. The average molecular weight is 417 g/mol. The van der Waals surface area contributed by atoms with Gasteiger partial charge >= 0.3 is 5.97 Å². The maximum atomic E-state index is 13.0. The van der Waals surface area contributed by atoms with Crippen molar-refractivity contribution in [2.45, 2.75) is 12.8 Å². The van der Waals surface area contributed by atoms with Gasteiger partial charge in [0.25, 0.3) is 0 Å². The Balaban J connectivity index is 1.71. The molecular formula is C24H19NO6. The van der Waals surface area contributed by atoms with Crippen molar-refractivity contribution < 1.29 is 23.8 Å². The number of methoxy groups -OCH3 is 1. The number of aliphatic carboxylic acids is 1. The summed E-state index contributed by atoms with van der Waals surface area (Å²) < 4.78 is 11.4. The highest BCUT2D eigenvalue weighted by molar-refractivity contribution is 6.03. The van der Waals surface area contributed by atoms with Gasteiger partial charge in [-0.05, 0) is 54.3 Å². The summed E-state index contributed by atoms with van der Waals surface area (Å²) in [5.41, 5.74) is 3.16. The molecule has 0 atom stereocenters. The van der Waals surface area contributed by atoms with Crippen LogP contribution in [0.4, 0.5) is 5.69 Å². The van der Waals surface area contributed by atoms with E-state index >= 15 is 0 Å². The van der Waals surface area contributed by atoms with Crippen molar-refractivity contribution in [1.29, 1.82) is 0 Å². The van der Waals surface area contributed by atoms with Gasteiger partial charge in [-0.3, -0.25) is 9.59 Å². The Bertz CT molecular complexity index is 1320. The highest BCUT2D eigenvalue weighted by atomic mass is 16.5. The molecule has 0 saturated carbocycles. The van der Waals surface area contributed by atoms with Gasteiger partial charge in [-0.2, -0.15) is 0 Å². The molecule has 1 aliphatic carbocycles. The highest BCUT2D eigenvalue weighted by Gasteiger charge is 2.24. The van der Waals surface area contributed by atoms with Crippen molar-refractivity contribution in [3.63, 3.8) is 0 Å². The number of anilines is 1. The number of fused-ring (bicyclic) bond motifs is 2. The predicted molar refractivity (Wildman–Crippen MR) is 117 cm³/mol. The van der Waals surface area contributed by atoms with Crippen LogP contribution in [0.2, 0.25) is 0 Å². The molecule has 0 spiro atoms. The molecule has 0 unspecified atom stereocenters. The van der Waals surface area contributed by atoms with Gasteiger partial charge in [0.1, 0.15) is 17.1 Å². The normalized spacial score (nSPS) is 14.2. The lowest BCUT2D eigenvalue weighted by molar-refractivity contribution is -0.131. The molecule has 31 heavy (non-hydrogen) atoms. The number of rotatable bonds is 5. The van der Waals surface area contributed by atoms with Gasteiger partial charge in [0.2, 0.25) is 5.91 Å². The summed E-state index contributed by atoms with van der Waals surface area (Å²) in [6, 6.07) is 12.4. The number of carbonyl (C=O) groups excluding carboxylic acids is 1. The van der Waals surface area contributed by atoms with Crippen LogP contribution in [0.5, 0.6) is 5.75 Å². The first-order valence-electron chi connectivity index (χ1n) is 9.61. The molecule has 0 saturated heterocycles. The Morgan fingerprint density at radius 2 is 1.97 bits per heavy atom. The molecule has 7 nitrogen and oxygen atoms in total. The van der Waals surface area contributed by atoms with Crippen molar-refractivity contribution in [2.24, 2.45) is 0 Å². The van der Waals surface area contributed by atoms with Gasteiger partial charge in [0, 0.05) is 29.5 Å². The number of carbonyl (C=O) groups is 2. The third-order valence-electron chi connectivity index (χ3n) is 5.00. The number of carboxylic acid groups (broad SMARTS) is 1. The molecule has 0 aliphatic heterocycles. The summed E-state index contributed by atoms with van der Waals surface area (Å²) in [5, 5.41) is 11.6. The van der Waals surface area contributed by atoms with Crippen LogP contribution in [0.15, 0.2) is 63.8 Å². The second-order valence-corrected chi connectivity index (χ2v) is 7.06. The van der Waals surface area contributed by atoms with Crippen LogP contribution in [-0.2, 0) is 16.0 Å². The minimum Gasteiger partial charge on any atom is -0.497 e. The molecule has 1 aliphatic rings. The zero-order valence-corrected chi connectivity index (χ0v) is 16.7. The van der Waals surface area contributed by atoms with E-state index in [2.05, 4.69) is 5.32 Å². The van der Waals surface area contributed by atoms with E-state index in [0.29, 0.717) is 40.8 Å². The van der Waals surface area contributed by atoms with Crippen LogP contribution < -0.4 is 15.5 Å². The molecule has 4 rings (SSSR count). The standard InChI is InChI=1S/C24H19NO6/c1-30-17-4-2-3-14(12-17)11-15-5-7-19-23(29)18-8-6-16(13-20(18)31-24(15)19)25-21(26)9-10-22(27)28/h2-4,6,8-13H,5,7H2,1H3,(H,25,26)(H,27,28)/b10-9+,15-11?. The molecule has 1 heterocycles. The molecule has 1 aromatic heterocycles. The van der Waals surface area contributed by atoms with Crippen LogP contribution in [-0.4, -0.2) is 24.1 Å². The van der Waals surface area contributed by atoms with E-state index in [4.69, 9.17) is 14.3 Å². The molecule has 0 bridgehead atoms. The average Bonchev–Trinajstić information content (AvgIpc) is 3.15. The van der Waals surface area contributed by atoms with Crippen LogP contribution in [0, 0.1) is 0 Å². The van der Waals surface area contributed by atoms with Crippen molar-refractivity contribution in [1.82, 2.24) is 0 Å². The quantitative estimate of drug-likeness (QED) is 0.611. The third-order valence-corrected chi connectivity index (χ3v) is 5.00. The van der Waals surface area contributed by atoms with Gasteiger partial charge in [0.15, 0.2) is 5.43 Å². The lowest BCUT2D eigenvalue weighted by Gasteiger charge is -2.07. The zero-order chi connectivity index (χ0) is 22.0. The van der Waals surface area contributed by atoms with Gasteiger partial charge in [-0.15, -0.1) is 0 Å². The first-order chi connectivity index (χ1) is 14.9. The van der Waals surface area contributed by atoms with Crippen LogP contribution >= 0.6 is 0 Å². The minimum atomic E-state index is -1.22. The van der Waals surface area contributed by atoms with E-state index in [1.54, 1.807) is 25.3 Å². The Kier molecular flexibility index (Phi) is 5.41. The summed E-state index contributed by atoms with van der Waals surface area (Å²) in [6.07, 6.45) is 4.93. The summed E-state index contributed by atoms with van der Waals surface area (Å²) in [7, 11) is 1.61. The monoisotopic (exact) mass is 417 g/mol. The molecule has 3 aromatic rings. The Hall–Kier alpha value is -4.13. The maximum Gasteiger partial charge on any atom is 0.328 e. The van der Waals surface area contributed by atoms with Crippen molar-refractivity contribution in [3.05, 3.63) is 81.7 Å². The summed E-state index contributed by atoms with van der Waals surface area (Å²) >= 11 is 0. The predicted octanol–water partition coefficient (Wildman–Crippen LogP) is 3.87. The van der Waals surface area contributed by atoms with E-state index in [1.807, 2.05) is 30.3 Å². The number of hydrogen-bond acceptors (Lipinski definition) is 5. The van der Waals surface area contributed by atoms with Crippen molar-refractivity contribution in [2.75, 3.05) is 12.4 Å². The molecule has 156 valence electrons. The zero-order valence-electron chi connectivity index (χ0n) is 16.7. The van der Waals surface area contributed by atoms with Crippen molar-refractivity contribution >= 4 is 40.2 Å². The van der Waals surface area contributed by atoms with Gasteiger partial charge in [-0.25, -0.2) is 4.79 Å². The lowest BCUT2D eigenvalue weighted by atomic mass is 10.1. The number of hydrogen-bond donors (Lipinski definition) is 2. The fourth-order valence-corrected chi connectivity index (χ4v) is 3.57. The number of benzene rings is 2. The molecule has 7 heteroatoms. The van der Waals surface area contributed by atoms with Crippen molar-refractivity contribution in [3.8, 4) is 5.75 Å². The van der Waals surface area contributed by atoms with E-state index in [1.165, 1.54) is 0 Å². The number of allylic oxidation sites excluding steroid dienone is 1. The van der Waals surface area contributed by atoms with E-state index in [9.17, 15) is 14.4 Å². The van der Waals surface area contributed by atoms with Gasteiger partial charge < -0.3 is 19.6 Å². The summed E-state index contributed by atoms with van der Waals surface area (Å²) in [5.74, 6) is -0.520. The molecule has 1 amide bonds. The van der Waals surface area contributed by atoms with Crippen LogP contribution in [0.3, 0.4) is 0 Å². The van der Waals surface area contributed by atoms with Gasteiger partial charge in [0.05, 0.1) is 12.5 Å². The SMILES string of the molecule is COc1cccc(C=C2CCc3c2oc2cc(NC(=O)/C=C/C(=O)O)ccc2c3=O)c1. The largest absolute Gasteiger partial charge is 0.497 e. The number of carboxylic acids is 1. The van der Waals surface area contributed by atoms with Crippen LogP contribution in [0.25, 0.3) is 22.6 Å². The molecule has 0 fully saturated rings. The minimum absolute atomic E-state index is 0.0889. The molecule has 0 radical (unpaired) electrons. The summed E-state index contributed by atoms with van der Waals surface area (Å²) in [4.78, 5) is 35.3. The second-order valence-electron chi connectivity index (χ2n) is 7.06.